The molecular weight excluding hydrogens is 519 g/mol. The third kappa shape index (κ3) is 9.29. The van der Waals surface area contributed by atoms with Crippen LogP contribution in [0, 0.1) is 17.8 Å². The summed E-state index contributed by atoms with van der Waals surface area (Å²) in [7, 11) is 1.64. The van der Waals surface area contributed by atoms with Gasteiger partial charge in [0.25, 0.3) is 0 Å². The molecule has 2 heterocycles. The van der Waals surface area contributed by atoms with E-state index in [-0.39, 0.29) is 23.2 Å². The molecule has 1 unspecified atom stereocenters. The third-order valence-corrected chi connectivity index (χ3v) is 5.80. The molecule has 3 rings (SSSR count). The van der Waals surface area contributed by atoms with Crippen LogP contribution in [0.3, 0.4) is 0 Å². The predicted molar refractivity (Wildman–Crippen MR) is 135 cm³/mol. The number of ether oxygens (including phenoxy) is 2. The van der Waals surface area contributed by atoms with E-state index in [9.17, 15) is 13.2 Å². The van der Waals surface area contributed by atoms with Gasteiger partial charge >= 0.3 is 12.1 Å². The van der Waals surface area contributed by atoms with Crippen molar-refractivity contribution in [3.05, 3.63) is 30.1 Å². The highest BCUT2D eigenvalue weighted by molar-refractivity contribution is 5.73. The molecule has 1 atom stereocenters. The number of hydrogen-bond donors (Lipinski definition) is 2. The second-order valence-corrected chi connectivity index (χ2v) is 9.80. The maximum atomic E-state index is 10.6. The fourth-order valence-electron chi connectivity index (χ4n) is 3.62. The highest BCUT2D eigenvalue weighted by Crippen LogP contribution is 2.38. The van der Waals surface area contributed by atoms with Crippen molar-refractivity contribution in [2.24, 2.45) is 15.6 Å². The van der Waals surface area contributed by atoms with Crippen molar-refractivity contribution >= 4 is 5.97 Å². The maximum Gasteiger partial charge on any atom is 0.490 e. The summed E-state index contributed by atoms with van der Waals surface area (Å²) in [5, 5.41) is 31.9. The lowest BCUT2D eigenvalue weighted by molar-refractivity contribution is -0.192. The van der Waals surface area contributed by atoms with Crippen LogP contribution in [0.1, 0.15) is 58.8 Å². The van der Waals surface area contributed by atoms with Gasteiger partial charge in [-0.2, -0.15) is 28.1 Å². The second-order valence-electron chi connectivity index (χ2n) is 9.80. The number of alkyl halides is 3. The van der Waals surface area contributed by atoms with Gasteiger partial charge in [0.1, 0.15) is 11.4 Å². The van der Waals surface area contributed by atoms with Gasteiger partial charge in [-0.05, 0) is 36.4 Å². The lowest BCUT2D eigenvalue weighted by atomic mass is 9.84. The molecule has 0 radical (unpaired) electrons. The van der Waals surface area contributed by atoms with Gasteiger partial charge in [0, 0.05) is 31.2 Å². The summed E-state index contributed by atoms with van der Waals surface area (Å²) in [5.74, 6) is 1.30. The Labute approximate surface area is 225 Å². The molecule has 2 aromatic rings. The Balaban J connectivity index is 0.000000673. The number of nitrogens with one attached hydrogen (secondary N) is 1. The smallest absolute Gasteiger partial charge is 0.490 e. The zero-order chi connectivity index (χ0) is 29.3. The number of hydrogen-bond acceptors (Lipinski definition) is 9. The van der Waals surface area contributed by atoms with Gasteiger partial charge in [-0.15, -0.1) is 17.4 Å². The van der Waals surface area contributed by atoms with Crippen molar-refractivity contribution < 1.29 is 32.5 Å². The van der Waals surface area contributed by atoms with Crippen molar-refractivity contribution in [2.45, 2.75) is 70.9 Å². The summed E-state index contributed by atoms with van der Waals surface area (Å²) in [6, 6.07) is 7.49. The standard InChI is InChI=1S/C23H33N7O2.C2HF3O2/c1-7-8-13-23(26-27-23)14-15-24-20(22(4,5)16-32-17(2)3)21-25-28-29-30(21)18-11-9-10-12-19(18)31-6;3-2(4,5)1(6)7/h1,9-12,17,20,24H,8,13-16H2,2-6H3;(H,6,7). The van der Waals surface area contributed by atoms with Gasteiger partial charge < -0.3 is 19.9 Å². The van der Waals surface area contributed by atoms with E-state index in [2.05, 4.69) is 50.8 Å². The van der Waals surface area contributed by atoms with E-state index in [0.717, 1.165) is 18.5 Å². The Morgan fingerprint density at radius 2 is 1.87 bits per heavy atom. The summed E-state index contributed by atoms with van der Waals surface area (Å²) in [4.78, 5) is 8.90. The fourth-order valence-corrected chi connectivity index (χ4v) is 3.62. The number of carboxylic acid groups (broad SMARTS) is 1. The van der Waals surface area contributed by atoms with Gasteiger partial charge in [-0.3, -0.25) is 0 Å². The van der Waals surface area contributed by atoms with Crippen LogP contribution in [-0.2, 0) is 9.53 Å². The summed E-state index contributed by atoms with van der Waals surface area (Å²) in [5.41, 5.74) is 0.125. The van der Waals surface area contributed by atoms with Crippen molar-refractivity contribution in [1.29, 1.82) is 0 Å². The minimum Gasteiger partial charge on any atom is -0.494 e. The summed E-state index contributed by atoms with van der Waals surface area (Å²) in [6.45, 7) is 9.58. The van der Waals surface area contributed by atoms with Crippen LogP contribution in [0.2, 0.25) is 0 Å². The van der Waals surface area contributed by atoms with E-state index in [1.807, 2.05) is 38.1 Å². The molecule has 1 aliphatic heterocycles. The molecule has 1 aliphatic rings. The average molecular weight is 554 g/mol. The predicted octanol–water partition coefficient (Wildman–Crippen LogP) is 4.35. The summed E-state index contributed by atoms with van der Waals surface area (Å²) >= 11 is 0. The number of methoxy groups -OCH3 is 1. The van der Waals surface area contributed by atoms with Crippen LogP contribution in [0.25, 0.3) is 5.69 Å². The Hall–Kier alpha value is -3.57. The van der Waals surface area contributed by atoms with E-state index in [4.69, 9.17) is 25.8 Å². The SMILES string of the molecule is C#CCCC1(CCNC(c2nnnn2-c2ccccc2OC)C(C)(C)COC(C)C)N=N1.O=C(O)C(F)(F)F. The van der Waals surface area contributed by atoms with E-state index >= 15 is 0 Å². The molecule has 0 bridgehead atoms. The first-order chi connectivity index (χ1) is 18.3. The van der Waals surface area contributed by atoms with E-state index in [1.54, 1.807) is 11.8 Å². The number of aliphatic carboxylic acids is 1. The Kier molecular flexibility index (Phi) is 10.9. The zero-order valence-corrected chi connectivity index (χ0v) is 22.6. The number of nitrogens with zero attached hydrogens (tertiary/aromatic N) is 6. The molecule has 0 saturated carbocycles. The minimum absolute atomic E-state index is 0.122. The molecule has 214 valence electrons. The Morgan fingerprint density at radius 3 is 2.41 bits per heavy atom. The van der Waals surface area contributed by atoms with Crippen LogP contribution in [0.15, 0.2) is 34.5 Å². The van der Waals surface area contributed by atoms with Gasteiger partial charge in [0.15, 0.2) is 11.5 Å². The lowest BCUT2D eigenvalue weighted by Gasteiger charge is -2.35. The van der Waals surface area contributed by atoms with Crippen molar-refractivity contribution in [1.82, 2.24) is 25.5 Å². The van der Waals surface area contributed by atoms with Crippen molar-refractivity contribution in [3.63, 3.8) is 0 Å². The zero-order valence-electron chi connectivity index (χ0n) is 22.6. The number of carbonyl (C=O) groups is 1. The first-order valence-corrected chi connectivity index (χ1v) is 12.2. The number of benzene rings is 1. The topological polar surface area (TPSA) is 136 Å². The highest BCUT2D eigenvalue weighted by atomic mass is 19.4. The second kappa shape index (κ2) is 13.5. The third-order valence-electron chi connectivity index (χ3n) is 5.80. The molecule has 1 aromatic heterocycles. The fraction of sp³-hybridized carbons (Fsp3) is 0.600. The number of terminal acetylenes is 1. The van der Waals surface area contributed by atoms with Gasteiger partial charge in [0.05, 0.1) is 25.9 Å². The Bertz CT molecular complexity index is 1150. The molecule has 0 aliphatic carbocycles. The Morgan fingerprint density at radius 1 is 1.23 bits per heavy atom. The highest BCUT2D eigenvalue weighted by Gasteiger charge is 2.41. The number of halogens is 3. The number of carboxylic acids is 1. The molecule has 0 spiro atoms. The van der Waals surface area contributed by atoms with Crippen LogP contribution >= 0.6 is 0 Å². The summed E-state index contributed by atoms with van der Waals surface area (Å²) < 4.78 is 45.0. The monoisotopic (exact) mass is 553 g/mol. The molecule has 0 saturated heterocycles. The molecule has 1 aromatic carbocycles. The van der Waals surface area contributed by atoms with Crippen LogP contribution < -0.4 is 10.1 Å². The van der Waals surface area contributed by atoms with E-state index < -0.39 is 12.1 Å². The number of rotatable bonds is 13. The first kappa shape index (κ1) is 31.6. The molecular formula is C25H34F3N7O4. The molecule has 11 nitrogen and oxygen atoms in total. The van der Waals surface area contributed by atoms with Gasteiger partial charge in [-0.1, -0.05) is 26.0 Å². The molecule has 0 amide bonds. The van der Waals surface area contributed by atoms with Crippen molar-refractivity contribution in [2.75, 3.05) is 20.3 Å². The van der Waals surface area contributed by atoms with E-state index in [0.29, 0.717) is 31.1 Å². The molecule has 14 heteroatoms. The largest absolute Gasteiger partial charge is 0.494 e. The first-order valence-electron chi connectivity index (χ1n) is 12.2. The van der Waals surface area contributed by atoms with Crippen molar-refractivity contribution in [3.8, 4) is 23.8 Å². The normalized spacial score (nSPS) is 14.8. The number of para-hydroxylation sites is 2. The molecule has 0 fully saturated rings. The van der Waals surface area contributed by atoms with E-state index in [1.165, 1.54) is 0 Å². The van der Waals surface area contributed by atoms with Crippen LogP contribution in [0.4, 0.5) is 13.2 Å². The minimum atomic E-state index is -5.08. The number of tetrazole rings is 1. The van der Waals surface area contributed by atoms with Crippen LogP contribution in [-0.4, -0.2) is 69.5 Å². The molecule has 2 N–H and O–H groups in total. The lowest BCUT2D eigenvalue weighted by Crippen LogP contribution is -2.41. The summed E-state index contributed by atoms with van der Waals surface area (Å²) in [6.07, 6.45) is 2.66. The molecule has 39 heavy (non-hydrogen) atoms. The average Bonchev–Trinajstić information content (AvgIpc) is 3.48. The quantitative estimate of drug-likeness (QED) is 0.350. The van der Waals surface area contributed by atoms with Crippen LogP contribution in [0.5, 0.6) is 5.75 Å². The number of aromatic nitrogens is 4. The maximum absolute atomic E-state index is 10.6. The van der Waals surface area contributed by atoms with Gasteiger partial charge in [-0.25, -0.2) is 4.79 Å². The van der Waals surface area contributed by atoms with Gasteiger partial charge in [0.2, 0.25) is 0 Å².